The lowest BCUT2D eigenvalue weighted by Crippen LogP contribution is -1.72. The molecule has 1 aromatic rings. The Hall–Kier alpha value is 0.330. The Kier molecular flexibility index (Phi) is 3.59. The van der Waals surface area contributed by atoms with Crippen molar-refractivity contribution in [3.63, 3.8) is 0 Å². The van der Waals surface area contributed by atoms with Crippen LogP contribution in [0.3, 0.4) is 0 Å². The second-order valence-corrected chi connectivity index (χ2v) is 4.19. The Balaban J connectivity index is 2.59. The monoisotopic (exact) mass is 191 g/mol. The molecule has 0 unspecified atom stereocenters. The third-order valence-electron chi connectivity index (χ3n) is 1.03. The third-order valence-corrected chi connectivity index (χ3v) is 3.32. The van der Waals surface area contributed by atoms with Crippen LogP contribution in [0.5, 0.6) is 0 Å². The molecule has 0 atom stereocenters. The van der Waals surface area contributed by atoms with Gasteiger partial charge in [0, 0.05) is 22.6 Å². The summed E-state index contributed by atoms with van der Waals surface area (Å²) in [4.78, 5) is 5.48. The van der Waals surface area contributed by atoms with Crippen molar-refractivity contribution in [3.8, 4) is 0 Å². The van der Waals surface area contributed by atoms with Gasteiger partial charge in [-0.25, -0.2) is 4.98 Å². The van der Waals surface area contributed by atoms with Crippen LogP contribution in [0.2, 0.25) is 0 Å². The lowest BCUT2D eigenvalue weighted by Gasteiger charge is -1.86. The van der Waals surface area contributed by atoms with E-state index < -0.39 is 0 Å². The number of thioether (sulfide) groups is 1. The summed E-state index contributed by atoms with van der Waals surface area (Å²) in [6, 6.07) is 0. The number of thiazole rings is 1. The van der Waals surface area contributed by atoms with E-state index in [9.17, 15) is 0 Å². The molecule has 0 N–H and O–H groups in total. The zero-order valence-electron chi connectivity index (χ0n) is 5.70. The van der Waals surface area contributed by atoms with Gasteiger partial charge in [-0.05, 0) is 6.26 Å². The van der Waals surface area contributed by atoms with E-state index in [1.807, 2.05) is 6.20 Å². The molecule has 1 rings (SSSR count). The fourth-order valence-electron chi connectivity index (χ4n) is 0.611. The molecule has 0 bridgehead atoms. The molecule has 10 heavy (non-hydrogen) atoms. The van der Waals surface area contributed by atoms with Crippen molar-refractivity contribution < 1.29 is 0 Å². The quantitative estimate of drug-likeness (QED) is 0.737. The first-order valence-corrected chi connectivity index (χ1v) is 5.74. The molecule has 0 aliphatic rings. The van der Waals surface area contributed by atoms with Gasteiger partial charge in [0.2, 0.25) is 0 Å². The van der Waals surface area contributed by atoms with Crippen LogP contribution in [0.15, 0.2) is 6.20 Å². The molecule has 1 nitrogen and oxygen atoms in total. The van der Waals surface area contributed by atoms with E-state index in [1.165, 1.54) is 9.88 Å². The van der Waals surface area contributed by atoms with Gasteiger partial charge in [-0.2, -0.15) is 24.4 Å². The van der Waals surface area contributed by atoms with Gasteiger partial charge < -0.3 is 0 Å². The van der Waals surface area contributed by atoms with Crippen LogP contribution in [0, 0.1) is 0 Å². The number of aromatic nitrogens is 1. The highest BCUT2D eigenvalue weighted by molar-refractivity contribution is 7.97. The highest BCUT2D eigenvalue weighted by Crippen LogP contribution is 2.18. The number of rotatable bonds is 3. The van der Waals surface area contributed by atoms with Gasteiger partial charge in [-0.15, -0.1) is 11.3 Å². The number of nitrogens with zero attached hydrogens (tertiary/aromatic N) is 1. The van der Waals surface area contributed by atoms with E-state index in [2.05, 4.69) is 23.9 Å². The second kappa shape index (κ2) is 4.26. The third kappa shape index (κ3) is 2.18. The van der Waals surface area contributed by atoms with Crippen LogP contribution in [0.1, 0.15) is 9.88 Å². The van der Waals surface area contributed by atoms with Crippen LogP contribution in [-0.2, 0) is 11.5 Å². The van der Waals surface area contributed by atoms with E-state index in [4.69, 9.17) is 0 Å². The standard InChI is InChI=1S/C6H9NS3/c1-9-4-6-7-2-5(3-8)10-6/h2,8H,3-4H2,1H3. The Morgan fingerprint density at radius 2 is 2.60 bits per heavy atom. The zero-order chi connectivity index (χ0) is 7.40. The topological polar surface area (TPSA) is 12.9 Å². The average Bonchev–Trinajstić information content (AvgIpc) is 2.37. The molecular weight excluding hydrogens is 182 g/mol. The summed E-state index contributed by atoms with van der Waals surface area (Å²) in [6.07, 6.45) is 3.99. The predicted octanol–water partition coefficient (Wildman–Crippen LogP) is 2.44. The van der Waals surface area contributed by atoms with Crippen molar-refractivity contribution in [2.24, 2.45) is 0 Å². The van der Waals surface area contributed by atoms with Crippen molar-refractivity contribution in [2.75, 3.05) is 6.26 Å². The summed E-state index contributed by atoms with van der Waals surface area (Å²) in [7, 11) is 0. The maximum absolute atomic E-state index is 4.23. The van der Waals surface area contributed by atoms with Crippen LogP contribution in [0.25, 0.3) is 0 Å². The Morgan fingerprint density at radius 3 is 3.10 bits per heavy atom. The average molecular weight is 191 g/mol. The lowest BCUT2D eigenvalue weighted by molar-refractivity contribution is 1.26. The molecule has 0 amide bonds. The van der Waals surface area contributed by atoms with Crippen molar-refractivity contribution >= 4 is 35.7 Å². The Morgan fingerprint density at radius 1 is 1.80 bits per heavy atom. The molecule has 0 aliphatic heterocycles. The summed E-state index contributed by atoms with van der Waals surface area (Å²) in [5.41, 5.74) is 0. The highest BCUT2D eigenvalue weighted by Gasteiger charge is 1.97. The minimum absolute atomic E-state index is 0.812. The second-order valence-electron chi connectivity index (χ2n) is 1.81. The fourth-order valence-corrected chi connectivity index (χ4v) is 2.38. The van der Waals surface area contributed by atoms with Crippen LogP contribution >= 0.6 is 35.7 Å². The van der Waals surface area contributed by atoms with Crippen LogP contribution in [-0.4, -0.2) is 11.2 Å². The minimum Gasteiger partial charge on any atom is -0.248 e. The van der Waals surface area contributed by atoms with Gasteiger partial charge >= 0.3 is 0 Å². The lowest BCUT2D eigenvalue weighted by atomic mass is 10.6. The van der Waals surface area contributed by atoms with E-state index in [1.54, 1.807) is 23.1 Å². The fraction of sp³-hybridized carbons (Fsp3) is 0.500. The maximum atomic E-state index is 4.23. The first-order valence-electron chi connectivity index (χ1n) is 2.90. The van der Waals surface area contributed by atoms with Gasteiger partial charge in [0.15, 0.2) is 0 Å². The first kappa shape index (κ1) is 8.43. The molecule has 4 heteroatoms. The predicted molar refractivity (Wildman–Crippen MR) is 52.0 cm³/mol. The molecule has 0 radical (unpaired) electrons. The maximum Gasteiger partial charge on any atom is 0.103 e. The van der Waals surface area contributed by atoms with Crippen molar-refractivity contribution in [1.82, 2.24) is 4.98 Å². The van der Waals surface area contributed by atoms with Gasteiger partial charge in [0.25, 0.3) is 0 Å². The molecule has 0 saturated heterocycles. The van der Waals surface area contributed by atoms with Gasteiger partial charge in [0.1, 0.15) is 5.01 Å². The molecule has 1 heterocycles. The summed E-state index contributed by atoms with van der Waals surface area (Å²) < 4.78 is 0. The summed E-state index contributed by atoms with van der Waals surface area (Å²) >= 11 is 7.71. The van der Waals surface area contributed by atoms with Gasteiger partial charge in [-0.1, -0.05) is 0 Å². The molecule has 0 aromatic carbocycles. The van der Waals surface area contributed by atoms with E-state index >= 15 is 0 Å². The largest absolute Gasteiger partial charge is 0.248 e. The van der Waals surface area contributed by atoms with Crippen molar-refractivity contribution in [1.29, 1.82) is 0 Å². The first-order chi connectivity index (χ1) is 4.86. The number of thiol groups is 1. The van der Waals surface area contributed by atoms with E-state index in [0.29, 0.717) is 0 Å². The van der Waals surface area contributed by atoms with E-state index in [0.717, 1.165) is 11.5 Å². The SMILES string of the molecule is CSCc1ncc(CS)s1. The molecule has 0 saturated carbocycles. The zero-order valence-corrected chi connectivity index (χ0v) is 8.23. The Bertz CT molecular complexity index is 197. The smallest absolute Gasteiger partial charge is 0.103 e. The molecule has 0 spiro atoms. The molecule has 56 valence electrons. The number of hydrogen-bond donors (Lipinski definition) is 1. The van der Waals surface area contributed by atoms with Crippen molar-refractivity contribution in [3.05, 3.63) is 16.1 Å². The molecule has 0 fully saturated rings. The van der Waals surface area contributed by atoms with Gasteiger partial charge in [0.05, 0.1) is 0 Å². The van der Waals surface area contributed by atoms with Crippen molar-refractivity contribution in [2.45, 2.75) is 11.5 Å². The summed E-state index contributed by atoms with van der Waals surface area (Å²) in [5, 5.41) is 1.21. The van der Waals surface area contributed by atoms with Gasteiger partial charge in [-0.3, -0.25) is 0 Å². The molecule has 1 aromatic heterocycles. The summed E-state index contributed by atoms with van der Waals surface area (Å²) in [6.45, 7) is 0. The van der Waals surface area contributed by atoms with E-state index in [-0.39, 0.29) is 0 Å². The number of hydrogen-bond acceptors (Lipinski definition) is 4. The molecule has 0 aliphatic carbocycles. The molecular formula is C6H9NS3. The minimum atomic E-state index is 0.812. The highest BCUT2D eigenvalue weighted by atomic mass is 32.2. The Labute approximate surface area is 74.7 Å². The summed E-state index contributed by atoms with van der Waals surface area (Å²) in [5.74, 6) is 1.84. The van der Waals surface area contributed by atoms with Crippen LogP contribution < -0.4 is 0 Å². The van der Waals surface area contributed by atoms with Crippen LogP contribution in [0.4, 0.5) is 0 Å². The normalized spacial score (nSPS) is 10.2.